The van der Waals surface area contributed by atoms with E-state index in [1.165, 1.54) is 6.42 Å². The van der Waals surface area contributed by atoms with Crippen LogP contribution in [0.4, 0.5) is 10.5 Å². The Morgan fingerprint density at radius 3 is 2.67 bits per heavy atom. The summed E-state index contributed by atoms with van der Waals surface area (Å²) in [5.74, 6) is 0.721. The van der Waals surface area contributed by atoms with Crippen molar-refractivity contribution >= 4 is 27.6 Å². The molecule has 18 heavy (non-hydrogen) atoms. The Bertz CT molecular complexity index is 431. The SMILES string of the molecule is COc1cc(Br)cc(NC(=O)N2CCCCC2)c1. The van der Waals surface area contributed by atoms with Gasteiger partial charge in [0.2, 0.25) is 0 Å². The Hall–Kier alpha value is -1.23. The van der Waals surface area contributed by atoms with Crippen LogP contribution in [0.5, 0.6) is 5.75 Å². The molecular formula is C13H17BrN2O2. The summed E-state index contributed by atoms with van der Waals surface area (Å²) in [6.45, 7) is 1.69. The molecule has 1 heterocycles. The zero-order valence-corrected chi connectivity index (χ0v) is 12.0. The molecule has 0 atom stereocenters. The van der Waals surface area contributed by atoms with E-state index in [-0.39, 0.29) is 6.03 Å². The quantitative estimate of drug-likeness (QED) is 0.908. The normalized spacial score (nSPS) is 15.3. The van der Waals surface area contributed by atoms with Crippen LogP contribution in [0.3, 0.4) is 0 Å². The van der Waals surface area contributed by atoms with Crippen LogP contribution in [0.15, 0.2) is 22.7 Å². The van der Waals surface area contributed by atoms with E-state index in [1.54, 1.807) is 7.11 Å². The third-order valence-electron chi connectivity index (χ3n) is 3.00. The van der Waals surface area contributed by atoms with Gasteiger partial charge in [0.1, 0.15) is 5.75 Å². The molecule has 0 aliphatic carbocycles. The lowest BCUT2D eigenvalue weighted by Crippen LogP contribution is -2.38. The highest BCUT2D eigenvalue weighted by atomic mass is 79.9. The molecule has 5 heteroatoms. The van der Waals surface area contributed by atoms with Gasteiger partial charge in [-0.15, -0.1) is 0 Å². The molecule has 0 bridgehead atoms. The van der Waals surface area contributed by atoms with Crippen LogP contribution in [0.2, 0.25) is 0 Å². The summed E-state index contributed by atoms with van der Waals surface area (Å²) in [5, 5.41) is 2.90. The number of carbonyl (C=O) groups excluding carboxylic acids is 1. The van der Waals surface area contributed by atoms with Crippen molar-refractivity contribution in [2.75, 3.05) is 25.5 Å². The molecule has 1 aliphatic rings. The third kappa shape index (κ3) is 3.38. The predicted molar refractivity (Wildman–Crippen MR) is 75.1 cm³/mol. The number of anilines is 1. The van der Waals surface area contributed by atoms with E-state index < -0.39 is 0 Å². The molecule has 1 aliphatic heterocycles. The van der Waals surface area contributed by atoms with E-state index in [9.17, 15) is 4.79 Å². The standard InChI is InChI=1S/C13H17BrN2O2/c1-18-12-8-10(14)7-11(9-12)15-13(17)16-5-3-2-4-6-16/h7-9H,2-6H2,1H3,(H,15,17). The van der Waals surface area contributed by atoms with E-state index >= 15 is 0 Å². The van der Waals surface area contributed by atoms with E-state index in [1.807, 2.05) is 23.1 Å². The lowest BCUT2D eigenvalue weighted by Gasteiger charge is -2.26. The number of piperidine rings is 1. The molecule has 1 saturated heterocycles. The van der Waals surface area contributed by atoms with Crippen LogP contribution in [0, 0.1) is 0 Å². The molecule has 1 fully saturated rings. The van der Waals surface area contributed by atoms with Gasteiger partial charge < -0.3 is 15.0 Å². The minimum atomic E-state index is -0.0325. The number of likely N-dealkylation sites (tertiary alicyclic amines) is 1. The second-order valence-electron chi connectivity index (χ2n) is 4.36. The summed E-state index contributed by atoms with van der Waals surface area (Å²) in [6, 6.07) is 5.50. The monoisotopic (exact) mass is 312 g/mol. The summed E-state index contributed by atoms with van der Waals surface area (Å²) < 4.78 is 6.05. The fourth-order valence-electron chi connectivity index (χ4n) is 2.05. The maximum atomic E-state index is 12.0. The second kappa shape index (κ2) is 6.09. The molecule has 1 aromatic carbocycles. The molecule has 0 saturated carbocycles. The van der Waals surface area contributed by atoms with Gasteiger partial charge in [0, 0.05) is 29.3 Å². The molecule has 0 unspecified atom stereocenters. The molecule has 1 aromatic rings. The number of halogens is 1. The average Bonchev–Trinajstić information content (AvgIpc) is 2.39. The van der Waals surface area contributed by atoms with E-state index in [2.05, 4.69) is 21.2 Å². The molecule has 98 valence electrons. The molecular weight excluding hydrogens is 296 g/mol. The number of amides is 2. The van der Waals surface area contributed by atoms with Crippen LogP contribution >= 0.6 is 15.9 Å². The van der Waals surface area contributed by atoms with Crippen molar-refractivity contribution < 1.29 is 9.53 Å². The molecule has 4 nitrogen and oxygen atoms in total. The number of nitrogens with one attached hydrogen (secondary N) is 1. The van der Waals surface area contributed by atoms with Crippen LogP contribution in [-0.4, -0.2) is 31.1 Å². The Balaban J connectivity index is 2.03. The van der Waals surface area contributed by atoms with Gasteiger partial charge >= 0.3 is 6.03 Å². The zero-order valence-electron chi connectivity index (χ0n) is 10.4. The first kappa shape index (κ1) is 13.2. The third-order valence-corrected chi connectivity index (χ3v) is 3.46. The van der Waals surface area contributed by atoms with Gasteiger partial charge in [-0.05, 0) is 31.4 Å². The lowest BCUT2D eigenvalue weighted by atomic mass is 10.1. The van der Waals surface area contributed by atoms with Crippen LogP contribution < -0.4 is 10.1 Å². The maximum Gasteiger partial charge on any atom is 0.321 e. The Morgan fingerprint density at radius 2 is 2.00 bits per heavy atom. The summed E-state index contributed by atoms with van der Waals surface area (Å²) >= 11 is 3.39. The van der Waals surface area contributed by atoms with Crippen molar-refractivity contribution in [1.29, 1.82) is 0 Å². The van der Waals surface area contributed by atoms with Gasteiger partial charge in [-0.1, -0.05) is 15.9 Å². The highest BCUT2D eigenvalue weighted by Gasteiger charge is 2.16. The minimum Gasteiger partial charge on any atom is -0.497 e. The summed E-state index contributed by atoms with van der Waals surface area (Å²) in [7, 11) is 1.61. The minimum absolute atomic E-state index is 0.0325. The van der Waals surface area contributed by atoms with Gasteiger partial charge in [0.05, 0.1) is 7.11 Å². The Morgan fingerprint density at radius 1 is 1.28 bits per heavy atom. The van der Waals surface area contributed by atoms with Crippen LogP contribution in [0.25, 0.3) is 0 Å². The van der Waals surface area contributed by atoms with E-state index in [4.69, 9.17) is 4.74 Å². The number of carbonyl (C=O) groups is 1. The first-order chi connectivity index (χ1) is 8.69. The molecule has 2 amide bonds. The predicted octanol–water partition coefficient (Wildman–Crippen LogP) is 3.48. The number of nitrogens with zero attached hydrogens (tertiary/aromatic N) is 1. The lowest BCUT2D eigenvalue weighted by molar-refractivity contribution is 0.200. The van der Waals surface area contributed by atoms with Crippen molar-refractivity contribution in [2.24, 2.45) is 0 Å². The highest BCUT2D eigenvalue weighted by Crippen LogP contribution is 2.25. The number of benzene rings is 1. The van der Waals surface area contributed by atoms with E-state index in [0.29, 0.717) is 0 Å². The fraction of sp³-hybridized carbons (Fsp3) is 0.462. The number of methoxy groups -OCH3 is 1. The number of rotatable bonds is 2. The van der Waals surface area contributed by atoms with Gasteiger partial charge in [0.25, 0.3) is 0 Å². The highest BCUT2D eigenvalue weighted by molar-refractivity contribution is 9.10. The number of ether oxygens (including phenoxy) is 1. The molecule has 0 radical (unpaired) electrons. The van der Waals surface area contributed by atoms with Crippen molar-refractivity contribution in [3.8, 4) is 5.75 Å². The Kier molecular flexibility index (Phi) is 4.47. The van der Waals surface area contributed by atoms with E-state index in [0.717, 1.165) is 41.8 Å². The van der Waals surface area contributed by atoms with Crippen molar-refractivity contribution in [1.82, 2.24) is 4.90 Å². The van der Waals surface area contributed by atoms with Crippen LogP contribution in [-0.2, 0) is 0 Å². The maximum absolute atomic E-state index is 12.0. The van der Waals surface area contributed by atoms with Crippen LogP contribution in [0.1, 0.15) is 19.3 Å². The Labute approximate surface area is 115 Å². The largest absolute Gasteiger partial charge is 0.497 e. The molecule has 0 aromatic heterocycles. The first-order valence-electron chi connectivity index (χ1n) is 6.09. The number of urea groups is 1. The van der Waals surface area contributed by atoms with Gasteiger partial charge in [0.15, 0.2) is 0 Å². The second-order valence-corrected chi connectivity index (χ2v) is 5.27. The van der Waals surface area contributed by atoms with Crippen molar-refractivity contribution in [2.45, 2.75) is 19.3 Å². The fourth-order valence-corrected chi connectivity index (χ4v) is 2.52. The summed E-state index contributed by atoms with van der Waals surface area (Å²) in [5.41, 5.74) is 0.747. The van der Waals surface area contributed by atoms with Gasteiger partial charge in [-0.25, -0.2) is 4.79 Å². The molecule has 0 spiro atoms. The zero-order chi connectivity index (χ0) is 13.0. The smallest absolute Gasteiger partial charge is 0.321 e. The van der Waals surface area contributed by atoms with Gasteiger partial charge in [-0.3, -0.25) is 0 Å². The van der Waals surface area contributed by atoms with Crippen molar-refractivity contribution in [3.05, 3.63) is 22.7 Å². The van der Waals surface area contributed by atoms with Gasteiger partial charge in [-0.2, -0.15) is 0 Å². The first-order valence-corrected chi connectivity index (χ1v) is 6.89. The average molecular weight is 313 g/mol. The molecule has 1 N–H and O–H groups in total. The number of hydrogen-bond donors (Lipinski definition) is 1. The number of hydrogen-bond acceptors (Lipinski definition) is 2. The summed E-state index contributed by atoms with van der Waals surface area (Å²) in [6.07, 6.45) is 3.40. The topological polar surface area (TPSA) is 41.6 Å². The summed E-state index contributed by atoms with van der Waals surface area (Å²) in [4.78, 5) is 13.9. The van der Waals surface area contributed by atoms with Crippen molar-refractivity contribution in [3.63, 3.8) is 0 Å². The molecule has 2 rings (SSSR count).